The van der Waals surface area contributed by atoms with Gasteiger partial charge in [0.25, 0.3) is 11.5 Å². The number of hydrogen-bond acceptors (Lipinski definition) is 3. The first-order chi connectivity index (χ1) is 10.1. The molecular formula is C16H18N2O3. The predicted molar refractivity (Wildman–Crippen MR) is 80.7 cm³/mol. The molecule has 0 aliphatic rings. The molecule has 0 saturated heterocycles. The van der Waals surface area contributed by atoms with Gasteiger partial charge in [0.05, 0.1) is 7.11 Å². The zero-order valence-corrected chi connectivity index (χ0v) is 12.1. The Labute approximate surface area is 123 Å². The van der Waals surface area contributed by atoms with Crippen molar-refractivity contribution in [2.45, 2.75) is 6.42 Å². The molecule has 0 atom stereocenters. The van der Waals surface area contributed by atoms with Crippen LogP contribution < -0.4 is 15.6 Å². The molecule has 5 nitrogen and oxygen atoms in total. The molecule has 1 aromatic carbocycles. The monoisotopic (exact) mass is 286 g/mol. The Balaban J connectivity index is 1.92. The Hall–Kier alpha value is -2.56. The maximum Gasteiger partial charge on any atom is 0.263 e. The van der Waals surface area contributed by atoms with Gasteiger partial charge < -0.3 is 14.6 Å². The Morgan fingerprint density at radius 3 is 2.62 bits per heavy atom. The van der Waals surface area contributed by atoms with Crippen molar-refractivity contribution in [2.24, 2.45) is 7.05 Å². The van der Waals surface area contributed by atoms with Crippen LogP contribution >= 0.6 is 0 Å². The fourth-order valence-corrected chi connectivity index (χ4v) is 1.98. The van der Waals surface area contributed by atoms with Crippen LogP contribution in [0.3, 0.4) is 0 Å². The van der Waals surface area contributed by atoms with Crippen LogP contribution in [0.15, 0.2) is 47.4 Å². The maximum atomic E-state index is 12.0. The zero-order chi connectivity index (χ0) is 15.2. The highest BCUT2D eigenvalue weighted by Crippen LogP contribution is 2.11. The van der Waals surface area contributed by atoms with Gasteiger partial charge in [-0.1, -0.05) is 12.1 Å². The summed E-state index contributed by atoms with van der Waals surface area (Å²) in [5.74, 6) is 0.459. The van der Waals surface area contributed by atoms with Gasteiger partial charge in [0, 0.05) is 19.8 Å². The number of aryl methyl sites for hydroxylation is 1. The summed E-state index contributed by atoms with van der Waals surface area (Å²) in [4.78, 5) is 23.8. The summed E-state index contributed by atoms with van der Waals surface area (Å²) in [6.45, 7) is 0.475. The highest BCUT2D eigenvalue weighted by Gasteiger charge is 2.10. The van der Waals surface area contributed by atoms with Crippen molar-refractivity contribution < 1.29 is 9.53 Å². The Kier molecular flexibility index (Phi) is 4.77. The third kappa shape index (κ3) is 3.72. The van der Waals surface area contributed by atoms with Gasteiger partial charge in [0.15, 0.2) is 0 Å². The van der Waals surface area contributed by atoms with Crippen LogP contribution in [0.5, 0.6) is 5.75 Å². The number of carbonyl (C=O) groups excluding carboxylic acids is 1. The molecule has 110 valence electrons. The van der Waals surface area contributed by atoms with Gasteiger partial charge in [-0.2, -0.15) is 0 Å². The second-order valence-corrected chi connectivity index (χ2v) is 4.69. The molecule has 1 amide bonds. The van der Waals surface area contributed by atoms with Gasteiger partial charge in [-0.3, -0.25) is 9.59 Å². The van der Waals surface area contributed by atoms with Crippen LogP contribution in [-0.2, 0) is 13.5 Å². The summed E-state index contributed by atoms with van der Waals surface area (Å²) < 4.78 is 6.47. The number of benzene rings is 1. The molecule has 0 aliphatic heterocycles. The number of methoxy groups -OCH3 is 1. The predicted octanol–water partition coefficient (Wildman–Crippen LogP) is 1.37. The van der Waals surface area contributed by atoms with E-state index in [4.69, 9.17) is 4.74 Å². The SMILES string of the molecule is COc1ccc(CCNC(=O)c2cccn(C)c2=O)cc1. The molecule has 1 aromatic heterocycles. The van der Waals surface area contributed by atoms with Crippen molar-refractivity contribution in [2.75, 3.05) is 13.7 Å². The minimum absolute atomic E-state index is 0.162. The largest absolute Gasteiger partial charge is 0.497 e. The lowest BCUT2D eigenvalue weighted by Crippen LogP contribution is -2.32. The van der Waals surface area contributed by atoms with E-state index in [1.807, 2.05) is 24.3 Å². The number of amides is 1. The van der Waals surface area contributed by atoms with Gasteiger partial charge >= 0.3 is 0 Å². The number of hydrogen-bond donors (Lipinski definition) is 1. The Morgan fingerprint density at radius 2 is 1.95 bits per heavy atom. The van der Waals surface area contributed by atoms with Gasteiger partial charge in [-0.25, -0.2) is 0 Å². The lowest BCUT2D eigenvalue weighted by molar-refractivity contribution is 0.0952. The number of carbonyl (C=O) groups is 1. The molecule has 0 fully saturated rings. The number of nitrogens with one attached hydrogen (secondary N) is 1. The Morgan fingerprint density at radius 1 is 1.24 bits per heavy atom. The topological polar surface area (TPSA) is 60.3 Å². The summed E-state index contributed by atoms with van der Waals surface area (Å²) in [6.07, 6.45) is 2.32. The summed E-state index contributed by atoms with van der Waals surface area (Å²) in [5, 5.41) is 2.76. The molecule has 5 heteroatoms. The second kappa shape index (κ2) is 6.74. The molecule has 0 radical (unpaired) electrons. The van der Waals surface area contributed by atoms with E-state index in [0.29, 0.717) is 13.0 Å². The molecule has 0 spiro atoms. The molecular weight excluding hydrogens is 268 g/mol. The summed E-state index contributed by atoms with van der Waals surface area (Å²) in [6, 6.07) is 10.9. The van der Waals surface area contributed by atoms with Crippen molar-refractivity contribution >= 4 is 5.91 Å². The van der Waals surface area contributed by atoms with Crippen LogP contribution in [0.1, 0.15) is 15.9 Å². The highest BCUT2D eigenvalue weighted by atomic mass is 16.5. The normalized spacial score (nSPS) is 10.2. The number of pyridine rings is 1. The third-order valence-electron chi connectivity index (χ3n) is 3.23. The first-order valence-corrected chi connectivity index (χ1v) is 6.68. The fourth-order valence-electron chi connectivity index (χ4n) is 1.98. The molecule has 1 N–H and O–H groups in total. The van der Waals surface area contributed by atoms with Crippen molar-refractivity contribution in [3.63, 3.8) is 0 Å². The van der Waals surface area contributed by atoms with E-state index in [1.54, 1.807) is 26.4 Å². The molecule has 1 heterocycles. The number of ether oxygens (including phenoxy) is 1. The molecule has 21 heavy (non-hydrogen) atoms. The smallest absolute Gasteiger partial charge is 0.263 e. The molecule has 0 aliphatic carbocycles. The van der Waals surface area contributed by atoms with Gasteiger partial charge in [-0.05, 0) is 36.2 Å². The standard InChI is InChI=1S/C16H18N2O3/c1-18-11-3-4-14(16(18)20)15(19)17-10-9-12-5-7-13(21-2)8-6-12/h3-8,11H,9-10H2,1-2H3,(H,17,19). The molecule has 0 saturated carbocycles. The van der Waals surface area contributed by atoms with Crippen molar-refractivity contribution in [3.8, 4) is 5.75 Å². The van der Waals surface area contributed by atoms with E-state index in [9.17, 15) is 9.59 Å². The van der Waals surface area contributed by atoms with E-state index >= 15 is 0 Å². The average Bonchev–Trinajstić information content (AvgIpc) is 2.50. The lowest BCUT2D eigenvalue weighted by atomic mass is 10.1. The first-order valence-electron chi connectivity index (χ1n) is 6.68. The number of aromatic nitrogens is 1. The van der Waals surface area contributed by atoms with E-state index in [2.05, 4.69) is 5.32 Å². The average molecular weight is 286 g/mol. The van der Waals surface area contributed by atoms with Gasteiger partial charge in [-0.15, -0.1) is 0 Å². The maximum absolute atomic E-state index is 12.0. The van der Waals surface area contributed by atoms with E-state index < -0.39 is 0 Å². The molecule has 2 aromatic rings. The Bertz CT molecular complexity index is 675. The van der Waals surface area contributed by atoms with E-state index in [1.165, 1.54) is 10.6 Å². The van der Waals surface area contributed by atoms with Crippen LogP contribution in [0.4, 0.5) is 0 Å². The van der Waals surface area contributed by atoms with Crippen molar-refractivity contribution in [3.05, 3.63) is 64.1 Å². The molecule has 0 unspecified atom stereocenters. The van der Waals surface area contributed by atoms with Crippen LogP contribution in [-0.4, -0.2) is 24.1 Å². The zero-order valence-electron chi connectivity index (χ0n) is 12.1. The second-order valence-electron chi connectivity index (χ2n) is 4.69. The number of nitrogens with zero attached hydrogens (tertiary/aromatic N) is 1. The lowest BCUT2D eigenvalue weighted by Gasteiger charge is -2.06. The summed E-state index contributed by atoms with van der Waals surface area (Å²) in [7, 11) is 3.24. The molecule has 0 bridgehead atoms. The van der Waals surface area contributed by atoms with Gasteiger partial charge in [0.1, 0.15) is 11.3 Å². The summed E-state index contributed by atoms with van der Waals surface area (Å²) in [5.41, 5.74) is 0.964. The van der Waals surface area contributed by atoms with Crippen molar-refractivity contribution in [1.29, 1.82) is 0 Å². The molecule has 2 rings (SSSR count). The minimum Gasteiger partial charge on any atom is -0.497 e. The van der Waals surface area contributed by atoms with Gasteiger partial charge in [0.2, 0.25) is 0 Å². The van der Waals surface area contributed by atoms with Crippen LogP contribution in [0.25, 0.3) is 0 Å². The summed E-state index contributed by atoms with van der Waals surface area (Å²) >= 11 is 0. The first kappa shape index (κ1) is 14.8. The van der Waals surface area contributed by atoms with Crippen LogP contribution in [0.2, 0.25) is 0 Å². The third-order valence-corrected chi connectivity index (χ3v) is 3.23. The van der Waals surface area contributed by atoms with E-state index in [-0.39, 0.29) is 17.0 Å². The van der Waals surface area contributed by atoms with E-state index in [0.717, 1.165) is 11.3 Å². The highest BCUT2D eigenvalue weighted by molar-refractivity contribution is 5.93. The quantitative estimate of drug-likeness (QED) is 0.903. The number of rotatable bonds is 5. The minimum atomic E-state index is -0.343. The van der Waals surface area contributed by atoms with Crippen LogP contribution in [0, 0.1) is 0 Å². The van der Waals surface area contributed by atoms with Crippen molar-refractivity contribution in [1.82, 2.24) is 9.88 Å². The fraction of sp³-hybridized carbons (Fsp3) is 0.250.